The lowest BCUT2D eigenvalue weighted by Gasteiger charge is -2.17. The van der Waals surface area contributed by atoms with Crippen LogP contribution in [0, 0.1) is 15.9 Å². The Labute approximate surface area is 137 Å². The maximum absolute atomic E-state index is 12.9. The molecule has 0 aliphatic carbocycles. The quantitative estimate of drug-likeness (QED) is 0.671. The van der Waals surface area contributed by atoms with Crippen LogP contribution in [0.3, 0.4) is 0 Å². The van der Waals surface area contributed by atoms with Gasteiger partial charge in [-0.3, -0.25) is 14.9 Å². The summed E-state index contributed by atoms with van der Waals surface area (Å²) in [6.45, 7) is 1.01. The number of benzene rings is 1. The molecule has 8 heteroatoms. The number of nitro groups is 1. The number of amides is 1. The van der Waals surface area contributed by atoms with Gasteiger partial charge in [0.15, 0.2) is 0 Å². The minimum Gasteiger partial charge on any atom is -0.358 e. The SMILES string of the molecule is O=C1C(Nc2ccc([N+](=O)[O-])cn2)CCN1Cc1ccc(F)cc1. The Balaban J connectivity index is 1.61. The molecular weight excluding hydrogens is 315 g/mol. The van der Waals surface area contributed by atoms with Crippen LogP contribution in [0.4, 0.5) is 15.9 Å². The first-order valence-corrected chi connectivity index (χ1v) is 7.43. The molecule has 3 rings (SSSR count). The Bertz CT molecular complexity index is 749. The van der Waals surface area contributed by atoms with Gasteiger partial charge in [0, 0.05) is 19.2 Å². The van der Waals surface area contributed by atoms with Gasteiger partial charge in [-0.1, -0.05) is 12.1 Å². The molecule has 2 aromatic rings. The van der Waals surface area contributed by atoms with E-state index in [-0.39, 0.29) is 17.4 Å². The Hall–Kier alpha value is -3.03. The van der Waals surface area contributed by atoms with Crippen LogP contribution in [0.5, 0.6) is 0 Å². The monoisotopic (exact) mass is 330 g/mol. The fourth-order valence-electron chi connectivity index (χ4n) is 2.60. The number of pyridine rings is 1. The molecule has 1 unspecified atom stereocenters. The molecule has 1 fully saturated rings. The number of carbonyl (C=O) groups excluding carboxylic acids is 1. The van der Waals surface area contributed by atoms with Crippen molar-refractivity contribution in [3.63, 3.8) is 0 Å². The summed E-state index contributed by atoms with van der Waals surface area (Å²) in [5.41, 5.74) is 0.759. The van der Waals surface area contributed by atoms with E-state index in [2.05, 4.69) is 10.3 Å². The number of anilines is 1. The van der Waals surface area contributed by atoms with Crippen molar-refractivity contribution >= 4 is 17.4 Å². The first-order chi connectivity index (χ1) is 11.5. The molecular formula is C16H15FN4O3. The topological polar surface area (TPSA) is 88.4 Å². The molecule has 1 aromatic heterocycles. The summed E-state index contributed by atoms with van der Waals surface area (Å²) in [5, 5.41) is 13.6. The molecule has 1 aromatic carbocycles. The lowest BCUT2D eigenvalue weighted by molar-refractivity contribution is -0.385. The van der Waals surface area contributed by atoms with E-state index in [1.165, 1.54) is 24.3 Å². The Morgan fingerprint density at radius 3 is 2.67 bits per heavy atom. The van der Waals surface area contributed by atoms with Crippen LogP contribution in [0.15, 0.2) is 42.6 Å². The summed E-state index contributed by atoms with van der Waals surface area (Å²) in [6, 6.07) is 8.44. The fourth-order valence-corrected chi connectivity index (χ4v) is 2.60. The van der Waals surface area contributed by atoms with Crippen molar-refractivity contribution in [3.05, 3.63) is 64.1 Å². The van der Waals surface area contributed by atoms with Crippen LogP contribution < -0.4 is 5.32 Å². The molecule has 0 radical (unpaired) electrons. The van der Waals surface area contributed by atoms with Gasteiger partial charge >= 0.3 is 0 Å². The van der Waals surface area contributed by atoms with Gasteiger partial charge in [0.1, 0.15) is 23.9 Å². The highest BCUT2D eigenvalue weighted by Crippen LogP contribution is 2.19. The van der Waals surface area contributed by atoms with Gasteiger partial charge in [0.05, 0.1) is 4.92 Å². The minimum atomic E-state index is -0.526. The lowest BCUT2D eigenvalue weighted by Crippen LogP contribution is -2.33. The standard InChI is InChI=1S/C16H15FN4O3/c17-12-3-1-11(2-4-12)10-20-8-7-14(16(20)22)19-15-6-5-13(9-18-15)21(23)24/h1-6,9,14H,7-8,10H2,(H,18,19). The van der Waals surface area contributed by atoms with Gasteiger partial charge in [-0.15, -0.1) is 0 Å². The molecule has 124 valence electrons. The maximum Gasteiger partial charge on any atom is 0.287 e. The van der Waals surface area contributed by atoms with E-state index < -0.39 is 11.0 Å². The predicted molar refractivity (Wildman–Crippen MR) is 84.7 cm³/mol. The zero-order valence-electron chi connectivity index (χ0n) is 12.7. The Morgan fingerprint density at radius 2 is 2.04 bits per heavy atom. The second-order valence-electron chi connectivity index (χ2n) is 5.53. The number of aromatic nitrogens is 1. The molecule has 1 aliphatic heterocycles. The Kier molecular flexibility index (Phi) is 4.37. The number of halogens is 1. The fraction of sp³-hybridized carbons (Fsp3) is 0.250. The second-order valence-corrected chi connectivity index (χ2v) is 5.53. The largest absolute Gasteiger partial charge is 0.358 e. The average molecular weight is 330 g/mol. The van der Waals surface area contributed by atoms with Crippen LogP contribution in [-0.4, -0.2) is 33.3 Å². The van der Waals surface area contributed by atoms with Crippen LogP contribution in [0.2, 0.25) is 0 Å². The summed E-state index contributed by atoms with van der Waals surface area (Å²) >= 11 is 0. The molecule has 0 saturated carbocycles. The van der Waals surface area contributed by atoms with Gasteiger partial charge in [-0.25, -0.2) is 9.37 Å². The predicted octanol–water partition coefficient (Wildman–Crippen LogP) is 2.34. The van der Waals surface area contributed by atoms with E-state index >= 15 is 0 Å². The number of rotatable bonds is 5. The number of hydrogen-bond acceptors (Lipinski definition) is 5. The molecule has 7 nitrogen and oxygen atoms in total. The first-order valence-electron chi connectivity index (χ1n) is 7.43. The summed E-state index contributed by atoms with van der Waals surface area (Å²) in [5.74, 6) is 0.0392. The summed E-state index contributed by atoms with van der Waals surface area (Å²) in [6.07, 6.45) is 1.76. The number of nitrogens with zero attached hydrogens (tertiary/aromatic N) is 3. The first kappa shape index (κ1) is 15.9. The van der Waals surface area contributed by atoms with Crippen LogP contribution in [0.1, 0.15) is 12.0 Å². The molecule has 2 heterocycles. The van der Waals surface area contributed by atoms with Crippen molar-refractivity contribution in [2.75, 3.05) is 11.9 Å². The molecule has 1 atom stereocenters. The highest BCUT2D eigenvalue weighted by Gasteiger charge is 2.31. The number of likely N-dealkylation sites (tertiary alicyclic amines) is 1. The highest BCUT2D eigenvalue weighted by atomic mass is 19.1. The summed E-state index contributed by atoms with van der Waals surface area (Å²) in [7, 11) is 0. The van der Waals surface area contributed by atoms with Gasteiger partial charge in [-0.2, -0.15) is 0 Å². The molecule has 1 aliphatic rings. The summed E-state index contributed by atoms with van der Waals surface area (Å²) < 4.78 is 12.9. The zero-order chi connectivity index (χ0) is 17.1. The second kappa shape index (κ2) is 6.61. The van der Waals surface area contributed by atoms with Crippen LogP contribution in [0.25, 0.3) is 0 Å². The van der Waals surface area contributed by atoms with E-state index in [1.807, 2.05) is 0 Å². The van der Waals surface area contributed by atoms with Gasteiger partial charge in [0.2, 0.25) is 5.91 Å². The molecule has 0 bridgehead atoms. The highest BCUT2D eigenvalue weighted by molar-refractivity contribution is 5.86. The lowest BCUT2D eigenvalue weighted by atomic mass is 10.2. The van der Waals surface area contributed by atoms with Crippen LogP contribution >= 0.6 is 0 Å². The van der Waals surface area contributed by atoms with E-state index in [1.54, 1.807) is 17.0 Å². The Morgan fingerprint density at radius 1 is 1.29 bits per heavy atom. The van der Waals surface area contributed by atoms with Crippen LogP contribution in [-0.2, 0) is 11.3 Å². The number of nitrogens with one attached hydrogen (secondary N) is 1. The molecule has 0 spiro atoms. The van der Waals surface area contributed by atoms with Crippen molar-refractivity contribution in [3.8, 4) is 0 Å². The van der Waals surface area contributed by atoms with E-state index in [0.717, 1.165) is 11.8 Å². The average Bonchev–Trinajstić information content (AvgIpc) is 2.91. The van der Waals surface area contributed by atoms with Crippen molar-refractivity contribution in [2.24, 2.45) is 0 Å². The molecule has 1 amide bonds. The summed E-state index contributed by atoms with van der Waals surface area (Å²) in [4.78, 5) is 28.1. The zero-order valence-corrected chi connectivity index (χ0v) is 12.7. The third-order valence-electron chi connectivity index (χ3n) is 3.86. The third-order valence-corrected chi connectivity index (χ3v) is 3.86. The van der Waals surface area contributed by atoms with Gasteiger partial charge in [0.25, 0.3) is 5.69 Å². The minimum absolute atomic E-state index is 0.0699. The molecule has 24 heavy (non-hydrogen) atoms. The smallest absolute Gasteiger partial charge is 0.287 e. The van der Waals surface area contributed by atoms with Gasteiger partial charge < -0.3 is 10.2 Å². The number of hydrogen-bond donors (Lipinski definition) is 1. The van der Waals surface area contributed by atoms with E-state index in [0.29, 0.717) is 25.3 Å². The third kappa shape index (κ3) is 3.48. The van der Waals surface area contributed by atoms with Crippen molar-refractivity contribution < 1.29 is 14.1 Å². The van der Waals surface area contributed by atoms with Gasteiger partial charge in [-0.05, 0) is 30.2 Å². The normalized spacial score (nSPS) is 17.1. The molecule has 1 N–H and O–H groups in total. The van der Waals surface area contributed by atoms with E-state index in [4.69, 9.17) is 0 Å². The maximum atomic E-state index is 12.9. The van der Waals surface area contributed by atoms with E-state index in [9.17, 15) is 19.3 Å². The number of carbonyl (C=O) groups is 1. The van der Waals surface area contributed by atoms with Crippen molar-refractivity contribution in [1.82, 2.24) is 9.88 Å². The van der Waals surface area contributed by atoms with Crippen molar-refractivity contribution in [1.29, 1.82) is 0 Å². The van der Waals surface area contributed by atoms with Crippen molar-refractivity contribution in [2.45, 2.75) is 19.0 Å². The molecule has 1 saturated heterocycles.